The van der Waals surface area contributed by atoms with E-state index < -0.39 is 0 Å². The smallest absolute Gasteiger partial charge is 0.261 e. The first-order valence-corrected chi connectivity index (χ1v) is 12.9. The Morgan fingerprint density at radius 1 is 0.944 bits per heavy atom. The first-order valence-electron chi connectivity index (χ1n) is 12.1. The highest BCUT2D eigenvalue weighted by atomic mass is 32.1. The van der Waals surface area contributed by atoms with Crippen LogP contribution >= 0.6 is 11.3 Å². The van der Waals surface area contributed by atoms with Crippen LogP contribution in [0.5, 0.6) is 0 Å². The molecule has 1 N–H and O–H groups in total. The number of hydrogen-bond acceptors (Lipinski definition) is 4. The van der Waals surface area contributed by atoms with Crippen LogP contribution in [0.15, 0.2) is 78.9 Å². The molecular weight excluding hydrogens is 466 g/mol. The van der Waals surface area contributed by atoms with E-state index in [1.165, 1.54) is 11.3 Å². The number of carbonyl (C=O) groups excluding carboxylic acids is 2. The number of carbonyl (C=O) groups is 2. The molecule has 0 bridgehead atoms. The van der Waals surface area contributed by atoms with Gasteiger partial charge in [0.1, 0.15) is 0 Å². The second-order valence-corrected chi connectivity index (χ2v) is 10.3. The van der Waals surface area contributed by atoms with Gasteiger partial charge in [-0.2, -0.15) is 5.26 Å². The number of hydrogen-bond donors (Lipinski definition) is 1. The normalized spacial score (nSPS) is 14.2. The van der Waals surface area contributed by atoms with E-state index in [1.54, 1.807) is 12.1 Å². The van der Waals surface area contributed by atoms with E-state index in [9.17, 15) is 9.59 Å². The van der Waals surface area contributed by atoms with Gasteiger partial charge < -0.3 is 10.2 Å². The molecule has 4 aromatic rings. The summed E-state index contributed by atoms with van der Waals surface area (Å²) in [5.74, 6) is -0.0552. The Hall–Kier alpha value is -4.21. The molecular formula is C30H23N3O2S. The summed E-state index contributed by atoms with van der Waals surface area (Å²) in [6.07, 6.45) is 2.80. The number of benzene rings is 3. The van der Waals surface area contributed by atoms with E-state index in [-0.39, 0.29) is 11.8 Å². The van der Waals surface area contributed by atoms with Gasteiger partial charge in [-0.1, -0.05) is 42.5 Å². The summed E-state index contributed by atoms with van der Waals surface area (Å²) in [6.45, 7) is 0.532. The fraction of sp³-hybridized carbons (Fsp3) is 0.167. The maximum absolute atomic E-state index is 13.8. The Bertz CT molecular complexity index is 1530. The third-order valence-electron chi connectivity index (χ3n) is 6.69. The minimum atomic E-state index is -0.0557. The van der Waals surface area contributed by atoms with Crippen molar-refractivity contribution in [1.29, 1.82) is 5.26 Å². The van der Waals surface area contributed by atoms with Crippen molar-refractivity contribution in [2.24, 2.45) is 0 Å². The summed E-state index contributed by atoms with van der Waals surface area (Å²) in [4.78, 5) is 30.1. The van der Waals surface area contributed by atoms with Crippen LogP contribution in [0.3, 0.4) is 0 Å². The molecule has 0 saturated heterocycles. The number of thiophene rings is 1. The molecule has 36 heavy (non-hydrogen) atoms. The number of nitrogens with one attached hydrogen (secondary N) is 1. The van der Waals surface area contributed by atoms with Gasteiger partial charge in [-0.05, 0) is 72.4 Å². The van der Waals surface area contributed by atoms with Crippen LogP contribution < -0.4 is 10.2 Å². The monoisotopic (exact) mass is 489 g/mol. The number of fused-ring (bicyclic) bond motifs is 3. The van der Waals surface area contributed by atoms with E-state index in [2.05, 4.69) is 11.4 Å². The molecule has 2 aliphatic rings. The van der Waals surface area contributed by atoms with Gasteiger partial charge >= 0.3 is 0 Å². The standard InChI is InChI=1S/C30H23N3O2S/c31-18-19-8-10-20(11-9-19)21-4-3-5-23(16-21)30(35)33-15-14-22-17-27(29(34)32-24-12-13-24)36-28(22)25-6-1-2-7-26(25)33/h1-11,16-17,24H,12-15H2,(H,32,34). The molecule has 0 spiro atoms. The first kappa shape index (κ1) is 22.3. The summed E-state index contributed by atoms with van der Waals surface area (Å²) >= 11 is 1.51. The van der Waals surface area contributed by atoms with E-state index in [1.807, 2.05) is 71.6 Å². The summed E-state index contributed by atoms with van der Waals surface area (Å²) in [5, 5.41) is 12.2. The molecule has 2 amide bonds. The first-order chi connectivity index (χ1) is 17.6. The zero-order valence-corrected chi connectivity index (χ0v) is 20.3. The zero-order chi connectivity index (χ0) is 24.6. The molecule has 0 radical (unpaired) electrons. The van der Waals surface area contributed by atoms with Gasteiger partial charge in [-0.3, -0.25) is 9.59 Å². The van der Waals surface area contributed by atoms with Crippen molar-refractivity contribution in [2.75, 3.05) is 11.4 Å². The summed E-state index contributed by atoms with van der Waals surface area (Å²) in [6, 6.07) is 27.4. The van der Waals surface area contributed by atoms with E-state index in [0.717, 1.165) is 50.5 Å². The van der Waals surface area contributed by atoms with Crippen molar-refractivity contribution in [3.05, 3.63) is 100 Å². The van der Waals surface area contributed by atoms with Crippen molar-refractivity contribution in [2.45, 2.75) is 25.3 Å². The molecule has 3 aromatic carbocycles. The van der Waals surface area contributed by atoms with Crippen LogP contribution in [-0.2, 0) is 6.42 Å². The van der Waals surface area contributed by atoms with Gasteiger partial charge in [-0.25, -0.2) is 0 Å². The van der Waals surface area contributed by atoms with Gasteiger partial charge in [0, 0.05) is 28.6 Å². The minimum Gasteiger partial charge on any atom is -0.349 e. The predicted octanol–water partition coefficient (Wildman–Crippen LogP) is 6.05. The lowest BCUT2D eigenvalue weighted by atomic mass is 10.0. The number of para-hydroxylation sites is 1. The Balaban J connectivity index is 1.32. The van der Waals surface area contributed by atoms with Crippen LogP contribution in [0.25, 0.3) is 21.6 Å². The number of anilines is 1. The Kier molecular flexibility index (Phi) is 5.63. The van der Waals surface area contributed by atoms with Crippen LogP contribution in [0.2, 0.25) is 0 Å². The maximum Gasteiger partial charge on any atom is 0.261 e. The Morgan fingerprint density at radius 2 is 1.75 bits per heavy atom. The molecule has 176 valence electrons. The highest BCUT2D eigenvalue weighted by Gasteiger charge is 2.29. The molecule has 1 aromatic heterocycles. The summed E-state index contributed by atoms with van der Waals surface area (Å²) < 4.78 is 0. The lowest BCUT2D eigenvalue weighted by molar-refractivity contribution is 0.0953. The average Bonchev–Trinajstić information content (AvgIpc) is 3.67. The number of nitrogens with zero attached hydrogens (tertiary/aromatic N) is 2. The van der Waals surface area contributed by atoms with Gasteiger partial charge in [0.05, 0.1) is 22.2 Å². The molecule has 0 atom stereocenters. The topological polar surface area (TPSA) is 73.2 Å². The van der Waals surface area contributed by atoms with Crippen molar-refractivity contribution >= 4 is 28.8 Å². The van der Waals surface area contributed by atoms with Gasteiger partial charge in [0.2, 0.25) is 0 Å². The molecule has 1 aliphatic carbocycles. The van der Waals surface area contributed by atoms with Gasteiger partial charge in [0.25, 0.3) is 11.8 Å². The largest absolute Gasteiger partial charge is 0.349 e. The highest BCUT2D eigenvalue weighted by molar-refractivity contribution is 7.17. The quantitative estimate of drug-likeness (QED) is 0.379. The lowest BCUT2D eigenvalue weighted by Gasteiger charge is -2.23. The van der Waals surface area contributed by atoms with Crippen LogP contribution in [-0.4, -0.2) is 24.4 Å². The predicted molar refractivity (Wildman–Crippen MR) is 142 cm³/mol. The van der Waals surface area contributed by atoms with Crippen molar-refractivity contribution in [3.8, 4) is 27.6 Å². The van der Waals surface area contributed by atoms with Crippen LogP contribution in [0.4, 0.5) is 5.69 Å². The number of nitriles is 1. The van der Waals surface area contributed by atoms with Crippen molar-refractivity contribution < 1.29 is 9.59 Å². The third-order valence-corrected chi connectivity index (χ3v) is 7.90. The zero-order valence-electron chi connectivity index (χ0n) is 19.5. The van der Waals surface area contributed by atoms with Crippen LogP contribution in [0, 0.1) is 11.3 Å². The third kappa shape index (κ3) is 4.19. The average molecular weight is 490 g/mol. The molecule has 6 heteroatoms. The lowest BCUT2D eigenvalue weighted by Crippen LogP contribution is -2.32. The summed E-state index contributed by atoms with van der Waals surface area (Å²) in [7, 11) is 0. The SMILES string of the molecule is N#Cc1ccc(-c2cccc(C(=O)N3CCc4cc(C(=O)NC5CC5)sc4-c4ccccc43)c2)cc1. The van der Waals surface area contributed by atoms with Gasteiger partial charge in [0.15, 0.2) is 0 Å². The highest BCUT2D eigenvalue weighted by Crippen LogP contribution is 2.42. The Morgan fingerprint density at radius 3 is 2.53 bits per heavy atom. The van der Waals surface area contributed by atoms with E-state index in [0.29, 0.717) is 30.1 Å². The maximum atomic E-state index is 13.8. The molecule has 2 heterocycles. The molecule has 1 fully saturated rings. The molecule has 0 unspecified atom stereocenters. The number of amides is 2. The molecule has 1 aliphatic heterocycles. The van der Waals surface area contributed by atoms with E-state index >= 15 is 0 Å². The van der Waals surface area contributed by atoms with Gasteiger partial charge in [-0.15, -0.1) is 11.3 Å². The second kappa shape index (κ2) is 9.10. The number of rotatable bonds is 4. The fourth-order valence-electron chi connectivity index (χ4n) is 4.63. The fourth-order valence-corrected chi connectivity index (χ4v) is 5.78. The molecule has 5 nitrogen and oxygen atoms in total. The van der Waals surface area contributed by atoms with E-state index in [4.69, 9.17) is 5.26 Å². The Labute approximate surface area is 213 Å². The van der Waals surface area contributed by atoms with Crippen LogP contribution in [0.1, 0.15) is 44.0 Å². The van der Waals surface area contributed by atoms with Crippen molar-refractivity contribution in [1.82, 2.24) is 5.32 Å². The second-order valence-electron chi connectivity index (χ2n) is 9.21. The van der Waals surface area contributed by atoms with Crippen molar-refractivity contribution in [3.63, 3.8) is 0 Å². The molecule has 6 rings (SSSR count). The molecule has 1 saturated carbocycles. The minimum absolute atomic E-state index is 0.000560. The summed E-state index contributed by atoms with van der Waals surface area (Å²) in [5.41, 5.74) is 6.06.